The van der Waals surface area contributed by atoms with Crippen LogP contribution in [0.5, 0.6) is 0 Å². The van der Waals surface area contributed by atoms with E-state index in [0.29, 0.717) is 30.4 Å². The van der Waals surface area contributed by atoms with Gasteiger partial charge in [-0.15, -0.1) is 0 Å². The average Bonchev–Trinajstić information content (AvgIpc) is 3.38. The van der Waals surface area contributed by atoms with Gasteiger partial charge < -0.3 is 25.6 Å². The first kappa shape index (κ1) is 22.8. The number of nitrogens with one attached hydrogen (secondary N) is 1. The molecule has 37 heavy (non-hydrogen) atoms. The Labute approximate surface area is 213 Å². The Kier molecular flexibility index (Phi) is 6.03. The van der Waals surface area contributed by atoms with Gasteiger partial charge in [0.05, 0.1) is 18.9 Å². The van der Waals surface area contributed by atoms with Crippen LogP contribution in [0.1, 0.15) is 15.9 Å². The lowest BCUT2D eigenvalue weighted by Crippen LogP contribution is -2.37. The highest BCUT2D eigenvalue weighted by atomic mass is 16.5. The van der Waals surface area contributed by atoms with E-state index in [1.54, 1.807) is 36.9 Å². The van der Waals surface area contributed by atoms with Crippen molar-refractivity contribution in [3.63, 3.8) is 0 Å². The average molecular weight is 496 g/mol. The van der Waals surface area contributed by atoms with Crippen molar-refractivity contribution in [2.75, 3.05) is 53.7 Å². The number of pyridine rings is 1. The molecule has 0 radical (unpaired) electrons. The zero-order valence-electron chi connectivity index (χ0n) is 20.0. The molecule has 0 bridgehead atoms. The number of amides is 1. The quantitative estimate of drug-likeness (QED) is 0.425. The van der Waals surface area contributed by atoms with E-state index >= 15 is 0 Å². The van der Waals surface area contributed by atoms with Crippen molar-refractivity contribution in [2.45, 2.75) is 6.42 Å². The molecule has 1 amide bonds. The minimum absolute atomic E-state index is 0.181. The highest BCUT2D eigenvalue weighted by Crippen LogP contribution is 2.39. The summed E-state index contributed by atoms with van der Waals surface area (Å²) in [4.78, 5) is 39.1. The van der Waals surface area contributed by atoms with Gasteiger partial charge in [-0.1, -0.05) is 0 Å². The number of benzene rings is 1. The van der Waals surface area contributed by atoms with Crippen LogP contribution in [0, 0.1) is 0 Å². The number of carbonyl (C=O) groups excluding carboxylic acids is 1. The third-order valence-corrected chi connectivity index (χ3v) is 6.43. The topological polar surface area (TPSA) is 135 Å². The van der Waals surface area contributed by atoms with Crippen LogP contribution in [0.2, 0.25) is 0 Å². The fraction of sp³-hybridized carbons (Fsp3) is 0.231. The predicted molar refractivity (Wildman–Crippen MR) is 140 cm³/mol. The van der Waals surface area contributed by atoms with Gasteiger partial charge in [-0.25, -0.2) is 15.0 Å². The molecule has 0 aliphatic carbocycles. The van der Waals surface area contributed by atoms with Crippen LogP contribution in [0.25, 0.3) is 11.3 Å². The number of anilines is 5. The number of morpholine rings is 1. The molecule has 0 saturated carbocycles. The van der Waals surface area contributed by atoms with E-state index in [9.17, 15) is 4.79 Å². The first-order valence-corrected chi connectivity index (χ1v) is 12.1. The van der Waals surface area contributed by atoms with Gasteiger partial charge in [-0.05, 0) is 42.8 Å². The van der Waals surface area contributed by atoms with Crippen LogP contribution in [-0.2, 0) is 11.2 Å². The SMILES string of the molecule is Nc1ncc(-c2nc(N3CCOCC3)nc3c2CCN3c2ccc(NC(=O)c3ccncc3)cc2)cn1. The van der Waals surface area contributed by atoms with Crippen LogP contribution in [-0.4, -0.2) is 63.7 Å². The van der Waals surface area contributed by atoms with Gasteiger partial charge in [-0.3, -0.25) is 9.78 Å². The van der Waals surface area contributed by atoms with Crippen molar-refractivity contribution in [2.24, 2.45) is 0 Å². The van der Waals surface area contributed by atoms with Crippen molar-refractivity contribution in [3.05, 3.63) is 72.3 Å². The largest absolute Gasteiger partial charge is 0.378 e. The highest BCUT2D eigenvalue weighted by molar-refractivity contribution is 6.04. The maximum atomic E-state index is 12.5. The van der Waals surface area contributed by atoms with Gasteiger partial charge in [0.15, 0.2) is 0 Å². The lowest BCUT2D eigenvalue weighted by atomic mass is 10.1. The summed E-state index contributed by atoms with van der Waals surface area (Å²) >= 11 is 0. The summed E-state index contributed by atoms with van der Waals surface area (Å²) in [5.41, 5.74) is 10.6. The lowest BCUT2D eigenvalue weighted by molar-refractivity contribution is 0.102. The summed E-state index contributed by atoms with van der Waals surface area (Å²) in [6.45, 7) is 3.47. The molecule has 3 aromatic heterocycles. The van der Waals surface area contributed by atoms with E-state index in [1.807, 2.05) is 24.3 Å². The van der Waals surface area contributed by atoms with E-state index in [0.717, 1.165) is 54.4 Å². The van der Waals surface area contributed by atoms with Gasteiger partial charge >= 0.3 is 0 Å². The first-order valence-electron chi connectivity index (χ1n) is 12.1. The molecule has 1 saturated heterocycles. The van der Waals surface area contributed by atoms with Crippen LogP contribution in [0.4, 0.5) is 29.1 Å². The van der Waals surface area contributed by atoms with Crippen molar-refractivity contribution >= 4 is 35.0 Å². The molecule has 1 aromatic carbocycles. The molecule has 11 nitrogen and oxygen atoms in total. The van der Waals surface area contributed by atoms with E-state index < -0.39 is 0 Å². The Balaban J connectivity index is 1.32. The molecule has 0 spiro atoms. The monoisotopic (exact) mass is 495 g/mol. The second-order valence-electron chi connectivity index (χ2n) is 8.74. The number of rotatable bonds is 5. The number of nitrogens with two attached hydrogens (primary N) is 1. The number of hydrogen-bond donors (Lipinski definition) is 2. The van der Waals surface area contributed by atoms with Gasteiger partial charge in [0.25, 0.3) is 5.91 Å². The fourth-order valence-electron chi connectivity index (χ4n) is 4.53. The molecule has 2 aliphatic heterocycles. The minimum Gasteiger partial charge on any atom is -0.378 e. The maximum Gasteiger partial charge on any atom is 0.255 e. The Bertz CT molecular complexity index is 1410. The molecule has 11 heteroatoms. The number of fused-ring (bicyclic) bond motifs is 1. The smallest absolute Gasteiger partial charge is 0.255 e. The van der Waals surface area contributed by atoms with Gasteiger partial charge in [0, 0.05) is 72.5 Å². The first-order chi connectivity index (χ1) is 18.2. The number of ether oxygens (including phenoxy) is 1. The molecule has 0 atom stereocenters. The van der Waals surface area contributed by atoms with Crippen molar-refractivity contribution in [1.29, 1.82) is 0 Å². The van der Waals surface area contributed by atoms with Crippen molar-refractivity contribution in [1.82, 2.24) is 24.9 Å². The molecule has 3 N–H and O–H groups in total. The Morgan fingerprint density at radius 2 is 1.68 bits per heavy atom. The number of carbonyl (C=O) groups is 1. The number of hydrogen-bond acceptors (Lipinski definition) is 10. The maximum absolute atomic E-state index is 12.5. The molecule has 2 aliphatic rings. The van der Waals surface area contributed by atoms with Gasteiger partial charge in [0.2, 0.25) is 11.9 Å². The van der Waals surface area contributed by atoms with E-state index in [-0.39, 0.29) is 11.9 Å². The Hall–Kier alpha value is -4.64. The standard InChI is InChI=1S/C26H25N9O2/c27-25-29-15-18(16-30-25)22-21-7-10-35(23(21)33-26(32-22)34-11-13-37-14-12-34)20-3-1-19(2-4-20)31-24(36)17-5-8-28-9-6-17/h1-6,8-9,15-16H,7,10-14H2,(H,31,36)(H2,27,29,30). The lowest BCUT2D eigenvalue weighted by Gasteiger charge is -2.28. The van der Waals surface area contributed by atoms with Gasteiger partial charge in [0.1, 0.15) is 5.82 Å². The van der Waals surface area contributed by atoms with Crippen molar-refractivity contribution in [3.8, 4) is 11.3 Å². The van der Waals surface area contributed by atoms with E-state index in [2.05, 4.69) is 30.1 Å². The molecular weight excluding hydrogens is 470 g/mol. The minimum atomic E-state index is -0.181. The molecule has 6 rings (SSSR count). The second kappa shape index (κ2) is 9.78. The van der Waals surface area contributed by atoms with E-state index in [4.69, 9.17) is 20.4 Å². The normalized spacial score (nSPS) is 14.9. The number of nitrogen functional groups attached to an aromatic ring is 1. The Morgan fingerprint density at radius 1 is 0.946 bits per heavy atom. The summed E-state index contributed by atoms with van der Waals surface area (Å²) < 4.78 is 5.52. The zero-order valence-corrected chi connectivity index (χ0v) is 20.0. The van der Waals surface area contributed by atoms with Crippen LogP contribution < -0.4 is 20.9 Å². The molecule has 186 valence electrons. The molecule has 4 aromatic rings. The molecular formula is C26H25N9O2. The third kappa shape index (κ3) is 4.64. The molecule has 1 fully saturated rings. The van der Waals surface area contributed by atoms with Crippen LogP contribution >= 0.6 is 0 Å². The summed E-state index contributed by atoms with van der Waals surface area (Å²) in [5, 5.41) is 2.93. The Morgan fingerprint density at radius 3 is 2.41 bits per heavy atom. The summed E-state index contributed by atoms with van der Waals surface area (Å²) in [6, 6.07) is 11.1. The van der Waals surface area contributed by atoms with Crippen LogP contribution in [0.3, 0.4) is 0 Å². The highest BCUT2D eigenvalue weighted by Gasteiger charge is 2.29. The predicted octanol–water partition coefficient (Wildman–Crippen LogP) is 2.69. The fourth-order valence-corrected chi connectivity index (χ4v) is 4.53. The summed E-state index contributed by atoms with van der Waals surface area (Å²) in [7, 11) is 0. The second-order valence-corrected chi connectivity index (χ2v) is 8.74. The molecule has 0 unspecified atom stereocenters. The number of aromatic nitrogens is 5. The van der Waals surface area contributed by atoms with Crippen molar-refractivity contribution < 1.29 is 9.53 Å². The van der Waals surface area contributed by atoms with E-state index in [1.165, 1.54) is 0 Å². The zero-order chi connectivity index (χ0) is 25.2. The van der Waals surface area contributed by atoms with Gasteiger partial charge in [-0.2, -0.15) is 4.98 Å². The van der Waals surface area contributed by atoms with Crippen LogP contribution in [0.15, 0.2) is 61.2 Å². The number of nitrogens with zero attached hydrogens (tertiary/aromatic N) is 7. The summed E-state index contributed by atoms with van der Waals surface area (Å²) in [6.07, 6.45) is 7.38. The summed E-state index contributed by atoms with van der Waals surface area (Å²) in [5.74, 6) is 1.56. The third-order valence-electron chi connectivity index (χ3n) is 6.43. The molecule has 5 heterocycles.